The molecule has 3 nitrogen and oxygen atoms in total. The van der Waals surface area contributed by atoms with E-state index in [1.54, 1.807) is 13.8 Å². The third-order valence-electron chi connectivity index (χ3n) is 0.775. The molecule has 0 saturated heterocycles. The van der Waals surface area contributed by atoms with E-state index in [0.717, 1.165) is 0 Å². The molecule has 0 aliphatic carbocycles. The topological polar surface area (TPSA) is 43.4 Å². The highest BCUT2D eigenvalue weighted by Crippen LogP contribution is 1.98. The van der Waals surface area contributed by atoms with Gasteiger partial charge in [-0.05, 0) is 19.4 Å². The first-order chi connectivity index (χ1) is 4.22. The van der Waals surface area contributed by atoms with Crippen molar-refractivity contribution in [3.63, 3.8) is 0 Å². The van der Waals surface area contributed by atoms with E-state index in [-0.39, 0.29) is 12.2 Å². The van der Waals surface area contributed by atoms with Crippen LogP contribution < -0.4 is 0 Å². The first-order valence-corrected chi connectivity index (χ1v) is 2.45. The van der Waals surface area contributed by atoms with Crippen molar-refractivity contribution in [1.29, 1.82) is 0 Å². The number of hydrogen-bond donors (Lipinski definition) is 0. The Hall–Kier alpha value is -1.12. The van der Waals surface area contributed by atoms with Crippen LogP contribution in [0.2, 0.25) is 0 Å². The molecule has 0 aromatic rings. The zero-order valence-corrected chi connectivity index (χ0v) is 5.38. The van der Waals surface area contributed by atoms with E-state index < -0.39 is 0 Å². The lowest BCUT2D eigenvalue weighted by atomic mass is 10.3. The van der Waals surface area contributed by atoms with Gasteiger partial charge in [0.15, 0.2) is 12.0 Å². The number of rotatable bonds is 3. The molecule has 0 aromatic heterocycles. The minimum Gasteiger partial charge on any atom is -0.425 e. The lowest BCUT2D eigenvalue weighted by Gasteiger charge is -1.95. The minimum absolute atomic E-state index is 0.0880. The Bertz CT molecular complexity index is 142. The average Bonchev–Trinajstić information content (AvgIpc) is 1.82. The van der Waals surface area contributed by atoms with Crippen LogP contribution in [0.15, 0.2) is 11.3 Å². The van der Waals surface area contributed by atoms with Gasteiger partial charge in [-0.25, -0.2) is 0 Å². The highest BCUT2D eigenvalue weighted by atomic mass is 16.5. The second-order valence-electron chi connectivity index (χ2n) is 1.70. The first kappa shape index (κ1) is 7.88. The molecular formula is C6H8O3. The third-order valence-corrected chi connectivity index (χ3v) is 0.775. The van der Waals surface area contributed by atoms with Gasteiger partial charge in [-0.3, -0.25) is 9.59 Å². The van der Waals surface area contributed by atoms with Crippen molar-refractivity contribution in [2.75, 3.05) is 0 Å². The summed E-state index contributed by atoms with van der Waals surface area (Å²) in [5.74, 6) is 0.0880. The zero-order chi connectivity index (χ0) is 7.28. The van der Waals surface area contributed by atoms with Crippen LogP contribution in [-0.4, -0.2) is 12.8 Å². The quantitative estimate of drug-likeness (QED) is 0.318. The number of carbonyl (C=O) groups excluding carboxylic acids is 2. The number of allylic oxidation sites excluding steroid dienone is 2. The molecular weight excluding hydrogens is 120 g/mol. The Morgan fingerprint density at radius 1 is 1.33 bits per heavy atom. The molecule has 0 radical (unpaired) electrons. The van der Waals surface area contributed by atoms with Gasteiger partial charge >= 0.3 is 0 Å². The molecule has 0 N–H and O–H groups in total. The van der Waals surface area contributed by atoms with Gasteiger partial charge in [0.2, 0.25) is 0 Å². The molecule has 0 bridgehead atoms. The van der Waals surface area contributed by atoms with Crippen LogP contribution >= 0.6 is 0 Å². The maximum Gasteiger partial charge on any atom is 0.298 e. The Labute approximate surface area is 53.3 Å². The fraction of sp³-hybridized carbons (Fsp3) is 0.333. The second kappa shape index (κ2) is 3.83. The summed E-state index contributed by atoms with van der Waals surface area (Å²) in [6.45, 7) is 3.61. The Morgan fingerprint density at radius 3 is 2.00 bits per heavy atom. The monoisotopic (exact) mass is 128 g/mol. The van der Waals surface area contributed by atoms with E-state index in [1.807, 2.05) is 0 Å². The van der Waals surface area contributed by atoms with Crippen LogP contribution in [0.25, 0.3) is 0 Å². The van der Waals surface area contributed by atoms with Crippen molar-refractivity contribution in [2.24, 2.45) is 0 Å². The summed E-state index contributed by atoms with van der Waals surface area (Å²) in [6, 6.07) is 0. The standard InChI is InChI=1S/C6H8O3/c1-5(2)6(3-7)9-4-8/h3-4H,1-2H3. The summed E-state index contributed by atoms with van der Waals surface area (Å²) in [5, 5.41) is 0. The lowest BCUT2D eigenvalue weighted by molar-refractivity contribution is -0.127. The van der Waals surface area contributed by atoms with Crippen LogP contribution in [0.4, 0.5) is 0 Å². The summed E-state index contributed by atoms with van der Waals surface area (Å²) in [7, 11) is 0. The van der Waals surface area contributed by atoms with E-state index >= 15 is 0 Å². The lowest BCUT2D eigenvalue weighted by Crippen LogP contribution is -1.92. The van der Waals surface area contributed by atoms with Gasteiger partial charge in [-0.2, -0.15) is 0 Å². The molecule has 0 aromatic carbocycles. The molecule has 0 unspecified atom stereocenters. The predicted molar refractivity (Wildman–Crippen MR) is 31.6 cm³/mol. The normalized spacial score (nSPS) is 7.78. The van der Waals surface area contributed by atoms with Gasteiger partial charge in [0, 0.05) is 0 Å². The highest BCUT2D eigenvalue weighted by molar-refractivity contribution is 5.73. The first-order valence-electron chi connectivity index (χ1n) is 2.45. The van der Waals surface area contributed by atoms with Gasteiger partial charge in [-0.1, -0.05) is 0 Å². The van der Waals surface area contributed by atoms with Gasteiger partial charge in [0.25, 0.3) is 6.47 Å². The molecule has 3 heteroatoms. The molecule has 0 saturated carbocycles. The van der Waals surface area contributed by atoms with Crippen LogP contribution in [0, 0.1) is 0 Å². The average molecular weight is 128 g/mol. The van der Waals surface area contributed by atoms with Crippen LogP contribution in [0.5, 0.6) is 0 Å². The number of aldehydes is 1. The van der Waals surface area contributed by atoms with Crippen molar-refractivity contribution in [3.8, 4) is 0 Å². The SMILES string of the molecule is CC(C)=C(C=O)OC=O. The third kappa shape index (κ3) is 2.64. The molecule has 0 spiro atoms. The molecule has 0 heterocycles. The maximum atomic E-state index is 9.99. The van der Waals surface area contributed by atoms with Crippen LogP contribution in [-0.2, 0) is 14.3 Å². The van der Waals surface area contributed by atoms with Gasteiger partial charge < -0.3 is 4.74 Å². The van der Waals surface area contributed by atoms with Crippen molar-refractivity contribution < 1.29 is 14.3 Å². The highest BCUT2D eigenvalue weighted by Gasteiger charge is 1.95. The largest absolute Gasteiger partial charge is 0.425 e. The van der Waals surface area contributed by atoms with E-state index in [4.69, 9.17) is 0 Å². The second-order valence-corrected chi connectivity index (χ2v) is 1.70. The fourth-order valence-corrected chi connectivity index (χ4v) is 0.315. The van der Waals surface area contributed by atoms with Crippen molar-refractivity contribution in [1.82, 2.24) is 0 Å². The summed E-state index contributed by atoms with van der Waals surface area (Å²) in [5.41, 5.74) is 0.692. The molecule has 0 aliphatic heterocycles. The molecule has 0 aliphatic rings. The van der Waals surface area contributed by atoms with Gasteiger partial charge in [-0.15, -0.1) is 0 Å². The van der Waals surface area contributed by atoms with E-state index in [9.17, 15) is 9.59 Å². The Balaban J connectivity index is 4.14. The number of hydrogen-bond acceptors (Lipinski definition) is 3. The number of carbonyl (C=O) groups is 2. The maximum absolute atomic E-state index is 9.99. The summed E-state index contributed by atoms with van der Waals surface area (Å²) in [4.78, 5) is 19.7. The minimum atomic E-state index is 0.0880. The van der Waals surface area contributed by atoms with E-state index in [0.29, 0.717) is 11.9 Å². The molecule has 9 heavy (non-hydrogen) atoms. The summed E-state index contributed by atoms with van der Waals surface area (Å²) >= 11 is 0. The van der Waals surface area contributed by atoms with Crippen molar-refractivity contribution >= 4 is 12.8 Å². The zero-order valence-electron chi connectivity index (χ0n) is 5.38. The Morgan fingerprint density at radius 2 is 1.89 bits per heavy atom. The van der Waals surface area contributed by atoms with E-state index in [1.165, 1.54) is 0 Å². The van der Waals surface area contributed by atoms with Crippen LogP contribution in [0.3, 0.4) is 0 Å². The predicted octanol–water partition coefficient (Wildman–Crippen LogP) is 0.652. The van der Waals surface area contributed by atoms with Crippen LogP contribution in [0.1, 0.15) is 13.8 Å². The molecule has 0 fully saturated rings. The summed E-state index contributed by atoms with van der Waals surface area (Å²) < 4.78 is 4.28. The number of ether oxygens (including phenoxy) is 1. The smallest absolute Gasteiger partial charge is 0.298 e. The van der Waals surface area contributed by atoms with Crippen molar-refractivity contribution in [3.05, 3.63) is 11.3 Å². The van der Waals surface area contributed by atoms with Gasteiger partial charge in [0.05, 0.1) is 0 Å². The summed E-state index contributed by atoms with van der Waals surface area (Å²) in [6.07, 6.45) is 0.504. The van der Waals surface area contributed by atoms with Gasteiger partial charge in [0.1, 0.15) is 0 Å². The van der Waals surface area contributed by atoms with E-state index in [2.05, 4.69) is 4.74 Å². The Kier molecular flexibility index (Phi) is 3.35. The fourth-order valence-electron chi connectivity index (χ4n) is 0.315. The van der Waals surface area contributed by atoms with Crippen molar-refractivity contribution in [2.45, 2.75) is 13.8 Å². The molecule has 0 amide bonds. The molecule has 0 rings (SSSR count). The molecule has 0 atom stereocenters. The molecule has 50 valence electrons.